The smallest absolute Gasteiger partial charge is 0.251 e. The highest BCUT2D eigenvalue weighted by Crippen LogP contribution is 2.17. The molecule has 0 aliphatic carbocycles. The first-order valence-electron chi connectivity index (χ1n) is 9.14. The number of aryl methyl sites for hydroxylation is 1. The Morgan fingerprint density at radius 1 is 1.11 bits per heavy atom. The number of hydrogen-bond donors (Lipinski definition) is 2. The molecule has 6 heteroatoms. The summed E-state index contributed by atoms with van der Waals surface area (Å²) < 4.78 is 5.47. The van der Waals surface area contributed by atoms with E-state index in [1.165, 1.54) is 0 Å². The van der Waals surface area contributed by atoms with E-state index in [-0.39, 0.29) is 23.8 Å². The molecule has 1 aromatic heterocycles. The molecule has 0 aliphatic rings. The first-order chi connectivity index (χ1) is 12.8. The lowest BCUT2D eigenvalue weighted by molar-refractivity contribution is -0.124. The molecular formula is C21H29N3O3. The molecule has 2 rings (SSSR count). The fourth-order valence-electron chi connectivity index (χ4n) is 2.79. The van der Waals surface area contributed by atoms with Gasteiger partial charge in [-0.1, -0.05) is 31.5 Å². The number of amides is 2. The standard InChI is InChI=1S/C21H29N3O3/c1-14(2)19(23-20(25)16-10-8-15(3)9-11-16)21(26)22-13-17(24(4)5)18-7-6-12-27-18/h6-12,14,17,19H,13H2,1-5H3,(H,22,26)(H,23,25). The van der Waals surface area contributed by atoms with E-state index >= 15 is 0 Å². The lowest BCUT2D eigenvalue weighted by Crippen LogP contribution is -2.51. The quantitative estimate of drug-likeness (QED) is 0.748. The van der Waals surface area contributed by atoms with E-state index in [0.29, 0.717) is 12.1 Å². The third-order valence-corrected chi connectivity index (χ3v) is 4.51. The van der Waals surface area contributed by atoms with Gasteiger partial charge in [0, 0.05) is 12.1 Å². The van der Waals surface area contributed by atoms with Crippen molar-refractivity contribution in [2.75, 3.05) is 20.6 Å². The third kappa shape index (κ3) is 5.69. The molecule has 1 heterocycles. The minimum absolute atomic E-state index is 0.0409. The number of furan rings is 1. The Kier molecular flexibility index (Phi) is 7.19. The maximum atomic E-state index is 12.7. The van der Waals surface area contributed by atoms with Crippen LogP contribution in [0.5, 0.6) is 0 Å². The number of likely N-dealkylation sites (N-methyl/N-ethyl adjacent to an activating group) is 1. The van der Waals surface area contributed by atoms with Crippen LogP contribution in [0.25, 0.3) is 0 Å². The monoisotopic (exact) mass is 371 g/mol. The average molecular weight is 371 g/mol. The van der Waals surface area contributed by atoms with Gasteiger partial charge in [-0.25, -0.2) is 0 Å². The summed E-state index contributed by atoms with van der Waals surface area (Å²) in [5.41, 5.74) is 1.62. The first-order valence-corrected chi connectivity index (χ1v) is 9.14. The van der Waals surface area contributed by atoms with Crippen molar-refractivity contribution in [2.24, 2.45) is 5.92 Å². The molecule has 2 N–H and O–H groups in total. The lowest BCUT2D eigenvalue weighted by Gasteiger charge is -2.26. The number of hydrogen-bond acceptors (Lipinski definition) is 4. The van der Waals surface area contributed by atoms with Gasteiger partial charge < -0.3 is 15.1 Å². The second-order valence-corrected chi connectivity index (χ2v) is 7.30. The molecule has 146 valence electrons. The molecule has 6 nitrogen and oxygen atoms in total. The van der Waals surface area contributed by atoms with Gasteiger partial charge in [0.1, 0.15) is 11.8 Å². The summed E-state index contributed by atoms with van der Waals surface area (Å²) in [6.45, 7) is 6.18. The second-order valence-electron chi connectivity index (χ2n) is 7.30. The molecule has 0 radical (unpaired) electrons. The van der Waals surface area contributed by atoms with Crippen LogP contribution in [0.4, 0.5) is 0 Å². The zero-order valence-electron chi connectivity index (χ0n) is 16.7. The summed E-state index contributed by atoms with van der Waals surface area (Å²) in [5, 5.41) is 5.80. The van der Waals surface area contributed by atoms with Gasteiger partial charge in [-0.3, -0.25) is 14.5 Å². The topological polar surface area (TPSA) is 74.6 Å². The molecule has 0 bridgehead atoms. The lowest BCUT2D eigenvalue weighted by atomic mass is 10.0. The van der Waals surface area contributed by atoms with Crippen LogP contribution in [0.1, 0.15) is 41.6 Å². The number of nitrogens with one attached hydrogen (secondary N) is 2. The third-order valence-electron chi connectivity index (χ3n) is 4.51. The maximum absolute atomic E-state index is 12.7. The van der Waals surface area contributed by atoms with Crippen molar-refractivity contribution < 1.29 is 14.0 Å². The summed E-state index contributed by atoms with van der Waals surface area (Å²) >= 11 is 0. The molecular weight excluding hydrogens is 342 g/mol. The van der Waals surface area contributed by atoms with Crippen molar-refractivity contribution in [3.05, 3.63) is 59.5 Å². The molecule has 27 heavy (non-hydrogen) atoms. The number of benzene rings is 1. The number of carbonyl (C=O) groups is 2. The van der Waals surface area contributed by atoms with Crippen molar-refractivity contribution in [1.82, 2.24) is 15.5 Å². The van der Waals surface area contributed by atoms with E-state index in [2.05, 4.69) is 10.6 Å². The van der Waals surface area contributed by atoms with Crippen LogP contribution in [-0.2, 0) is 4.79 Å². The van der Waals surface area contributed by atoms with Crippen molar-refractivity contribution >= 4 is 11.8 Å². The molecule has 0 saturated heterocycles. The number of carbonyl (C=O) groups excluding carboxylic acids is 2. The maximum Gasteiger partial charge on any atom is 0.251 e. The van der Waals surface area contributed by atoms with E-state index in [1.807, 2.05) is 64.0 Å². The Morgan fingerprint density at radius 3 is 2.30 bits per heavy atom. The normalized spacial score (nSPS) is 13.4. The summed E-state index contributed by atoms with van der Waals surface area (Å²) in [5.74, 6) is 0.286. The SMILES string of the molecule is Cc1ccc(C(=O)NC(C(=O)NCC(c2ccco2)N(C)C)C(C)C)cc1. The minimum atomic E-state index is -0.613. The molecule has 0 saturated carbocycles. The van der Waals surface area contributed by atoms with Crippen LogP contribution in [-0.4, -0.2) is 43.4 Å². The van der Waals surface area contributed by atoms with Crippen LogP contribution in [0.3, 0.4) is 0 Å². The molecule has 2 aromatic rings. The Bertz CT molecular complexity index is 737. The average Bonchev–Trinajstić information content (AvgIpc) is 3.13. The molecule has 1 aromatic carbocycles. The van der Waals surface area contributed by atoms with Gasteiger partial charge in [0.25, 0.3) is 5.91 Å². The van der Waals surface area contributed by atoms with Gasteiger partial charge in [0.15, 0.2) is 0 Å². The summed E-state index contributed by atoms with van der Waals surface area (Å²) in [7, 11) is 3.86. The van der Waals surface area contributed by atoms with Crippen molar-refractivity contribution in [2.45, 2.75) is 32.9 Å². The minimum Gasteiger partial charge on any atom is -0.468 e. The molecule has 0 fully saturated rings. The van der Waals surface area contributed by atoms with Crippen LogP contribution in [0.15, 0.2) is 47.1 Å². The molecule has 2 unspecified atom stereocenters. The van der Waals surface area contributed by atoms with E-state index in [9.17, 15) is 9.59 Å². The van der Waals surface area contributed by atoms with Crippen molar-refractivity contribution in [3.8, 4) is 0 Å². The highest BCUT2D eigenvalue weighted by atomic mass is 16.3. The van der Waals surface area contributed by atoms with E-state index < -0.39 is 6.04 Å². The van der Waals surface area contributed by atoms with E-state index in [4.69, 9.17) is 4.42 Å². The van der Waals surface area contributed by atoms with Crippen LogP contribution >= 0.6 is 0 Å². The fourth-order valence-corrected chi connectivity index (χ4v) is 2.79. The highest BCUT2D eigenvalue weighted by Gasteiger charge is 2.26. The Labute approximate surface area is 160 Å². The van der Waals surface area contributed by atoms with Gasteiger partial charge in [0.2, 0.25) is 5.91 Å². The number of nitrogens with zero attached hydrogens (tertiary/aromatic N) is 1. The van der Waals surface area contributed by atoms with Crippen molar-refractivity contribution in [1.29, 1.82) is 0 Å². The van der Waals surface area contributed by atoms with Crippen LogP contribution in [0.2, 0.25) is 0 Å². The second kappa shape index (κ2) is 9.37. The zero-order chi connectivity index (χ0) is 20.0. The van der Waals surface area contributed by atoms with Gasteiger partial charge in [-0.2, -0.15) is 0 Å². The largest absolute Gasteiger partial charge is 0.468 e. The van der Waals surface area contributed by atoms with Gasteiger partial charge in [-0.05, 0) is 51.2 Å². The predicted octanol–water partition coefficient (Wildman–Crippen LogP) is 2.76. The molecule has 0 aliphatic heterocycles. The van der Waals surface area contributed by atoms with Gasteiger partial charge >= 0.3 is 0 Å². The Hall–Kier alpha value is -2.60. The fraction of sp³-hybridized carbons (Fsp3) is 0.429. The highest BCUT2D eigenvalue weighted by molar-refractivity contribution is 5.97. The number of rotatable bonds is 8. The molecule has 2 amide bonds. The zero-order valence-corrected chi connectivity index (χ0v) is 16.7. The van der Waals surface area contributed by atoms with Crippen molar-refractivity contribution in [3.63, 3.8) is 0 Å². The van der Waals surface area contributed by atoms with Gasteiger partial charge in [0.05, 0.1) is 12.3 Å². The van der Waals surface area contributed by atoms with E-state index in [1.54, 1.807) is 18.4 Å². The summed E-state index contributed by atoms with van der Waals surface area (Å²) in [4.78, 5) is 27.2. The molecule has 0 spiro atoms. The Balaban J connectivity index is 2.01. The van der Waals surface area contributed by atoms with Crippen LogP contribution < -0.4 is 10.6 Å². The molecule has 2 atom stereocenters. The first kappa shape index (κ1) is 20.7. The van der Waals surface area contributed by atoms with Crippen LogP contribution in [0, 0.1) is 12.8 Å². The summed E-state index contributed by atoms with van der Waals surface area (Å²) in [6, 6.07) is 10.3. The van der Waals surface area contributed by atoms with E-state index in [0.717, 1.165) is 11.3 Å². The summed E-state index contributed by atoms with van der Waals surface area (Å²) in [6.07, 6.45) is 1.62. The Morgan fingerprint density at radius 2 is 1.78 bits per heavy atom. The van der Waals surface area contributed by atoms with Gasteiger partial charge in [-0.15, -0.1) is 0 Å². The predicted molar refractivity (Wildman–Crippen MR) is 105 cm³/mol.